The second-order valence-electron chi connectivity index (χ2n) is 10.5. The third-order valence-corrected chi connectivity index (χ3v) is 8.04. The standard InChI is InChI=1S/C25H33N5O4S/c1-25(2,3)34-24(32)30(4)16-6-8-17(9-7-16)33-22-20-19-14(11-15(12-26)21(27)31)5-10-18(19)35-23(20)29-13-28-22/h13-17H,5-11H2,1-4H3,(H2,27,31)/t14-,15?,16-,17-/m1/s1. The maximum atomic E-state index is 12.4. The Kier molecular flexibility index (Phi) is 7.17. The minimum absolute atomic E-state index is 0.00994. The van der Waals surface area contributed by atoms with Gasteiger partial charge in [-0.3, -0.25) is 4.79 Å². The first-order chi connectivity index (χ1) is 16.6. The third-order valence-electron chi connectivity index (χ3n) is 6.87. The van der Waals surface area contributed by atoms with Crippen molar-refractivity contribution in [2.24, 2.45) is 11.7 Å². The topological polar surface area (TPSA) is 131 Å². The van der Waals surface area contributed by atoms with Gasteiger partial charge >= 0.3 is 6.09 Å². The van der Waals surface area contributed by atoms with Gasteiger partial charge in [0, 0.05) is 18.0 Å². The molecule has 188 valence electrons. The summed E-state index contributed by atoms with van der Waals surface area (Å²) in [6.07, 6.45) is 6.63. The van der Waals surface area contributed by atoms with Crippen molar-refractivity contribution in [3.8, 4) is 11.9 Å². The number of ether oxygens (including phenoxy) is 2. The van der Waals surface area contributed by atoms with Gasteiger partial charge in [-0.15, -0.1) is 11.3 Å². The summed E-state index contributed by atoms with van der Waals surface area (Å²) in [6.45, 7) is 5.60. The number of thiophene rings is 1. The number of aryl methyl sites for hydroxylation is 1. The second-order valence-corrected chi connectivity index (χ2v) is 11.6. The first-order valence-electron chi connectivity index (χ1n) is 12.1. The fourth-order valence-corrected chi connectivity index (χ4v) is 6.30. The Morgan fingerprint density at radius 1 is 1.26 bits per heavy atom. The number of primary amides is 1. The van der Waals surface area contributed by atoms with Crippen molar-refractivity contribution in [3.05, 3.63) is 16.8 Å². The number of nitrogens with two attached hydrogens (primary N) is 1. The molecule has 0 bridgehead atoms. The van der Waals surface area contributed by atoms with E-state index in [9.17, 15) is 14.9 Å². The highest BCUT2D eigenvalue weighted by atomic mass is 32.1. The van der Waals surface area contributed by atoms with E-state index in [1.165, 1.54) is 11.2 Å². The minimum atomic E-state index is -0.813. The number of fused-ring (bicyclic) bond motifs is 3. The van der Waals surface area contributed by atoms with E-state index in [2.05, 4.69) is 9.97 Å². The summed E-state index contributed by atoms with van der Waals surface area (Å²) >= 11 is 1.63. The molecule has 1 saturated carbocycles. The number of rotatable bonds is 6. The number of amides is 2. The molecule has 2 amide bonds. The summed E-state index contributed by atoms with van der Waals surface area (Å²) in [7, 11) is 1.79. The molecule has 0 saturated heterocycles. The van der Waals surface area contributed by atoms with E-state index < -0.39 is 17.4 Å². The molecule has 2 aromatic heterocycles. The number of nitriles is 1. The number of hydrogen-bond donors (Lipinski definition) is 1. The van der Waals surface area contributed by atoms with Gasteiger partial charge in [-0.1, -0.05) is 0 Å². The molecule has 0 aromatic carbocycles. The third kappa shape index (κ3) is 5.50. The molecule has 9 nitrogen and oxygen atoms in total. The van der Waals surface area contributed by atoms with Crippen LogP contribution in [-0.4, -0.2) is 51.7 Å². The van der Waals surface area contributed by atoms with Gasteiger partial charge in [0.05, 0.1) is 11.5 Å². The van der Waals surface area contributed by atoms with Crippen LogP contribution in [0.15, 0.2) is 6.33 Å². The second kappa shape index (κ2) is 9.97. The highest BCUT2D eigenvalue weighted by molar-refractivity contribution is 7.19. The van der Waals surface area contributed by atoms with Gasteiger partial charge in [0.15, 0.2) is 0 Å². The van der Waals surface area contributed by atoms with Crippen LogP contribution in [0.2, 0.25) is 0 Å². The zero-order valence-corrected chi connectivity index (χ0v) is 21.6. The molecule has 2 aromatic rings. The Bertz CT molecular complexity index is 1140. The largest absolute Gasteiger partial charge is 0.474 e. The first-order valence-corrected chi connectivity index (χ1v) is 13.0. The first kappa shape index (κ1) is 25.2. The zero-order chi connectivity index (χ0) is 25.3. The number of nitrogens with zero attached hydrogens (tertiary/aromatic N) is 4. The molecule has 1 unspecified atom stereocenters. The Labute approximate surface area is 209 Å². The number of hydrogen-bond acceptors (Lipinski definition) is 8. The van der Waals surface area contributed by atoms with Crippen molar-refractivity contribution in [2.45, 2.75) is 89.4 Å². The van der Waals surface area contributed by atoms with E-state index in [1.54, 1.807) is 23.3 Å². The molecule has 0 spiro atoms. The summed E-state index contributed by atoms with van der Waals surface area (Å²) in [4.78, 5) is 36.8. The minimum Gasteiger partial charge on any atom is -0.474 e. The summed E-state index contributed by atoms with van der Waals surface area (Å²) < 4.78 is 11.9. The van der Waals surface area contributed by atoms with Crippen LogP contribution in [0.5, 0.6) is 5.88 Å². The summed E-state index contributed by atoms with van der Waals surface area (Å²) in [5.74, 6) is -0.771. The van der Waals surface area contributed by atoms with Crippen LogP contribution in [0, 0.1) is 17.2 Å². The highest BCUT2D eigenvalue weighted by Gasteiger charge is 2.34. The molecule has 0 aliphatic heterocycles. The molecule has 35 heavy (non-hydrogen) atoms. The summed E-state index contributed by atoms with van der Waals surface area (Å²) in [5.41, 5.74) is 6.02. The van der Waals surface area contributed by atoms with Gasteiger partial charge in [-0.2, -0.15) is 5.26 Å². The smallest absolute Gasteiger partial charge is 0.410 e. The number of carbonyl (C=O) groups is 2. The molecule has 2 heterocycles. The normalized spacial score (nSPS) is 22.8. The fourth-order valence-electron chi connectivity index (χ4n) is 5.07. The van der Waals surface area contributed by atoms with Gasteiger partial charge in [-0.05, 0) is 77.2 Å². The monoisotopic (exact) mass is 499 g/mol. The van der Waals surface area contributed by atoms with Gasteiger partial charge in [-0.25, -0.2) is 14.8 Å². The lowest BCUT2D eigenvalue weighted by Gasteiger charge is -2.35. The molecule has 2 aliphatic carbocycles. The lowest BCUT2D eigenvalue weighted by molar-refractivity contribution is -0.120. The van der Waals surface area contributed by atoms with Crippen molar-refractivity contribution in [1.82, 2.24) is 14.9 Å². The van der Waals surface area contributed by atoms with Crippen LogP contribution in [0.25, 0.3) is 10.2 Å². The van der Waals surface area contributed by atoms with Gasteiger partial charge in [0.25, 0.3) is 0 Å². The van der Waals surface area contributed by atoms with Gasteiger partial charge in [0.1, 0.15) is 28.8 Å². The molecule has 10 heteroatoms. The van der Waals surface area contributed by atoms with Crippen molar-refractivity contribution >= 4 is 33.6 Å². The van der Waals surface area contributed by atoms with Gasteiger partial charge in [0.2, 0.25) is 11.8 Å². The van der Waals surface area contributed by atoms with Crippen LogP contribution in [0.4, 0.5) is 4.79 Å². The highest BCUT2D eigenvalue weighted by Crippen LogP contribution is 2.48. The summed E-state index contributed by atoms with van der Waals surface area (Å²) in [5, 5.41) is 10.3. The molecule has 1 fully saturated rings. The van der Waals surface area contributed by atoms with Crippen molar-refractivity contribution in [3.63, 3.8) is 0 Å². The van der Waals surface area contributed by atoms with Crippen molar-refractivity contribution < 1.29 is 19.1 Å². The van der Waals surface area contributed by atoms with E-state index in [-0.39, 0.29) is 24.2 Å². The quantitative estimate of drug-likeness (QED) is 0.627. The van der Waals surface area contributed by atoms with Crippen LogP contribution in [0.1, 0.15) is 75.7 Å². The maximum absolute atomic E-state index is 12.4. The van der Waals surface area contributed by atoms with E-state index in [0.717, 1.165) is 54.3 Å². The average molecular weight is 500 g/mol. The Morgan fingerprint density at radius 2 is 1.97 bits per heavy atom. The molecule has 0 radical (unpaired) electrons. The fraction of sp³-hybridized carbons (Fsp3) is 0.640. The molecular weight excluding hydrogens is 466 g/mol. The van der Waals surface area contributed by atoms with Crippen LogP contribution >= 0.6 is 11.3 Å². The van der Waals surface area contributed by atoms with Crippen LogP contribution in [-0.2, 0) is 16.0 Å². The lowest BCUT2D eigenvalue weighted by Crippen LogP contribution is -2.43. The number of carbonyl (C=O) groups excluding carboxylic acids is 2. The molecule has 2 aliphatic rings. The van der Waals surface area contributed by atoms with E-state index in [4.69, 9.17) is 15.2 Å². The SMILES string of the molecule is CN(C(=O)OC(C)(C)C)[C@H]1CC[C@H](Oc2ncnc3sc4c(c23)[C@@H](CC(C#N)C(N)=O)CC4)CC1. The lowest BCUT2D eigenvalue weighted by atomic mass is 9.90. The van der Waals surface area contributed by atoms with Crippen LogP contribution in [0.3, 0.4) is 0 Å². The van der Waals surface area contributed by atoms with E-state index >= 15 is 0 Å². The average Bonchev–Trinajstić information content (AvgIpc) is 3.35. The Hall–Kier alpha value is -2.93. The summed E-state index contributed by atoms with van der Waals surface area (Å²) in [6, 6.07) is 2.16. The predicted molar refractivity (Wildman–Crippen MR) is 132 cm³/mol. The van der Waals surface area contributed by atoms with Crippen LogP contribution < -0.4 is 10.5 Å². The predicted octanol–water partition coefficient (Wildman–Crippen LogP) is 4.29. The van der Waals surface area contributed by atoms with Crippen molar-refractivity contribution in [1.29, 1.82) is 5.26 Å². The zero-order valence-electron chi connectivity index (χ0n) is 20.7. The Morgan fingerprint density at radius 3 is 2.60 bits per heavy atom. The Balaban J connectivity index is 1.46. The van der Waals surface area contributed by atoms with Gasteiger partial charge < -0.3 is 20.1 Å². The van der Waals surface area contributed by atoms with Crippen molar-refractivity contribution in [2.75, 3.05) is 7.05 Å². The van der Waals surface area contributed by atoms with E-state index in [1.807, 2.05) is 26.8 Å². The maximum Gasteiger partial charge on any atom is 0.410 e. The van der Waals surface area contributed by atoms with E-state index in [0.29, 0.717) is 12.3 Å². The molecular formula is C25H33N5O4S. The number of aromatic nitrogens is 2. The molecule has 4 rings (SSSR count). The molecule has 2 atom stereocenters. The molecule has 2 N–H and O–H groups in total.